The fourth-order valence-electron chi connectivity index (χ4n) is 2.80. The van der Waals surface area contributed by atoms with Gasteiger partial charge in [-0.05, 0) is 23.6 Å². The highest BCUT2D eigenvalue weighted by atomic mass is 16.4. The maximum absolute atomic E-state index is 12.1. The van der Waals surface area contributed by atoms with Crippen LogP contribution in [0.4, 0.5) is 0 Å². The van der Waals surface area contributed by atoms with E-state index < -0.39 is 5.63 Å². The number of benzene rings is 2. The molecule has 0 saturated heterocycles. The van der Waals surface area contributed by atoms with Crippen LogP contribution in [0, 0.1) is 11.3 Å². The van der Waals surface area contributed by atoms with E-state index in [1.165, 1.54) is 0 Å². The van der Waals surface area contributed by atoms with Crippen LogP contribution in [0.25, 0.3) is 11.0 Å². The first-order valence-corrected chi connectivity index (χ1v) is 7.37. The van der Waals surface area contributed by atoms with E-state index in [9.17, 15) is 10.1 Å². The van der Waals surface area contributed by atoms with Crippen LogP contribution in [0.2, 0.25) is 0 Å². The second-order valence-corrected chi connectivity index (χ2v) is 5.31. The summed E-state index contributed by atoms with van der Waals surface area (Å²) in [4.78, 5) is 12.1. The van der Waals surface area contributed by atoms with Crippen molar-refractivity contribution in [2.24, 2.45) is 0 Å². The molecule has 0 spiro atoms. The molecule has 0 bridgehead atoms. The summed E-state index contributed by atoms with van der Waals surface area (Å²) in [6, 6.07) is 19.2. The molecule has 0 aliphatic carbocycles. The maximum Gasteiger partial charge on any atom is 0.354 e. The van der Waals surface area contributed by atoms with Gasteiger partial charge in [-0.15, -0.1) is 6.58 Å². The molecule has 0 amide bonds. The highest BCUT2D eigenvalue weighted by Crippen LogP contribution is 2.27. The Labute approximate surface area is 134 Å². The van der Waals surface area contributed by atoms with Crippen LogP contribution in [0.5, 0.6) is 0 Å². The van der Waals surface area contributed by atoms with Gasteiger partial charge in [-0.3, -0.25) is 0 Å². The summed E-state index contributed by atoms with van der Waals surface area (Å²) >= 11 is 0. The van der Waals surface area contributed by atoms with E-state index in [0.29, 0.717) is 17.6 Å². The number of fused-ring (bicyclic) bond motifs is 1. The fraction of sp³-hybridized carbons (Fsp3) is 0.100. The highest BCUT2D eigenvalue weighted by molar-refractivity contribution is 5.82. The van der Waals surface area contributed by atoms with Crippen LogP contribution in [-0.4, -0.2) is 0 Å². The molecule has 3 nitrogen and oxygen atoms in total. The van der Waals surface area contributed by atoms with Gasteiger partial charge in [0.25, 0.3) is 0 Å². The number of para-hydroxylation sites is 1. The van der Waals surface area contributed by atoms with E-state index in [-0.39, 0.29) is 11.5 Å². The van der Waals surface area contributed by atoms with E-state index in [2.05, 4.69) is 6.58 Å². The second-order valence-electron chi connectivity index (χ2n) is 5.31. The summed E-state index contributed by atoms with van der Waals surface area (Å²) in [7, 11) is 0. The molecule has 0 aliphatic rings. The zero-order valence-electron chi connectivity index (χ0n) is 12.5. The van der Waals surface area contributed by atoms with Crippen LogP contribution in [0.3, 0.4) is 0 Å². The van der Waals surface area contributed by atoms with Crippen LogP contribution in [0.15, 0.2) is 76.5 Å². The van der Waals surface area contributed by atoms with Crippen molar-refractivity contribution >= 4 is 11.0 Å². The fourth-order valence-corrected chi connectivity index (χ4v) is 2.80. The maximum atomic E-state index is 12.1. The minimum absolute atomic E-state index is 0.0218. The molecule has 0 N–H and O–H groups in total. The van der Waals surface area contributed by atoms with Gasteiger partial charge in [0.2, 0.25) is 0 Å². The molecule has 3 heteroatoms. The lowest BCUT2D eigenvalue weighted by molar-refractivity contribution is 0.555. The molecule has 3 aromatic rings. The van der Waals surface area contributed by atoms with Gasteiger partial charge in [-0.1, -0.05) is 54.6 Å². The quantitative estimate of drug-likeness (QED) is 0.536. The third-order valence-electron chi connectivity index (χ3n) is 3.97. The molecule has 1 heterocycles. The van der Waals surface area contributed by atoms with E-state index in [0.717, 1.165) is 10.9 Å². The predicted molar refractivity (Wildman–Crippen MR) is 90.3 cm³/mol. The third kappa shape index (κ3) is 2.79. The number of hydrogen-bond acceptors (Lipinski definition) is 3. The van der Waals surface area contributed by atoms with E-state index >= 15 is 0 Å². The summed E-state index contributed by atoms with van der Waals surface area (Å²) in [5.74, 6) is 0.0218. The van der Waals surface area contributed by atoms with Crippen molar-refractivity contribution in [2.45, 2.75) is 12.3 Å². The Morgan fingerprint density at radius 1 is 1.13 bits per heavy atom. The average molecular weight is 301 g/mol. The van der Waals surface area contributed by atoms with Crippen molar-refractivity contribution in [2.75, 3.05) is 0 Å². The first-order chi connectivity index (χ1) is 11.2. The van der Waals surface area contributed by atoms with Crippen molar-refractivity contribution in [1.82, 2.24) is 0 Å². The largest absolute Gasteiger partial charge is 0.422 e. The summed E-state index contributed by atoms with van der Waals surface area (Å²) < 4.78 is 5.24. The van der Waals surface area contributed by atoms with E-state index in [4.69, 9.17) is 4.42 Å². The van der Waals surface area contributed by atoms with Crippen molar-refractivity contribution in [3.05, 3.63) is 94.4 Å². The Bertz CT molecular complexity index is 949. The van der Waals surface area contributed by atoms with Crippen molar-refractivity contribution < 1.29 is 4.42 Å². The summed E-state index contributed by atoms with van der Waals surface area (Å²) in [5.41, 5.74) is 1.81. The first-order valence-electron chi connectivity index (χ1n) is 7.37. The molecule has 0 fully saturated rings. The van der Waals surface area contributed by atoms with Crippen LogP contribution in [0.1, 0.15) is 22.6 Å². The van der Waals surface area contributed by atoms with Gasteiger partial charge in [-0.2, -0.15) is 5.26 Å². The number of allylic oxidation sites excluding steroid dienone is 1. The van der Waals surface area contributed by atoms with Gasteiger partial charge in [0.05, 0.1) is 0 Å². The monoisotopic (exact) mass is 301 g/mol. The van der Waals surface area contributed by atoms with E-state index in [1.54, 1.807) is 6.07 Å². The zero-order chi connectivity index (χ0) is 16.2. The predicted octanol–water partition coefficient (Wildman–Crippen LogP) is 4.18. The summed E-state index contributed by atoms with van der Waals surface area (Å²) in [5, 5.41) is 10.2. The van der Waals surface area contributed by atoms with Gasteiger partial charge in [-0.25, -0.2) is 4.79 Å². The molecule has 3 rings (SSSR count). The van der Waals surface area contributed by atoms with Crippen LogP contribution < -0.4 is 5.63 Å². The molecule has 23 heavy (non-hydrogen) atoms. The smallest absolute Gasteiger partial charge is 0.354 e. The van der Waals surface area contributed by atoms with Gasteiger partial charge in [0, 0.05) is 11.3 Å². The van der Waals surface area contributed by atoms with Crippen molar-refractivity contribution in [3.8, 4) is 6.07 Å². The Morgan fingerprint density at radius 3 is 2.52 bits per heavy atom. The molecular formula is C20H15NO2. The number of rotatable bonds is 4. The average Bonchev–Trinajstić information content (AvgIpc) is 2.60. The Hall–Kier alpha value is -3.12. The van der Waals surface area contributed by atoms with Gasteiger partial charge in [0.15, 0.2) is 0 Å². The lowest BCUT2D eigenvalue weighted by atomic mass is 9.89. The Morgan fingerprint density at radius 2 is 1.83 bits per heavy atom. The Kier molecular flexibility index (Phi) is 4.07. The molecule has 0 unspecified atom stereocenters. The van der Waals surface area contributed by atoms with E-state index in [1.807, 2.05) is 60.7 Å². The number of nitriles is 1. The molecule has 112 valence electrons. The van der Waals surface area contributed by atoms with Crippen molar-refractivity contribution in [3.63, 3.8) is 0 Å². The molecule has 1 aromatic heterocycles. The highest BCUT2D eigenvalue weighted by Gasteiger charge is 2.18. The molecule has 0 radical (unpaired) electrons. The normalized spacial score (nSPS) is 11.8. The zero-order valence-corrected chi connectivity index (χ0v) is 12.5. The molecular weight excluding hydrogens is 286 g/mol. The van der Waals surface area contributed by atoms with Gasteiger partial charge >= 0.3 is 5.63 Å². The standard InChI is InChI=1S/C20H15NO2/c1-2-14(15-8-4-3-5-9-15)12-17-16-10-6-7-11-19(16)23-20(22)18(17)13-21/h2-11,14H,1,12H2/t14-/m1/s1. The minimum Gasteiger partial charge on any atom is -0.422 e. The van der Waals surface area contributed by atoms with Crippen molar-refractivity contribution in [1.29, 1.82) is 5.26 Å². The second kappa shape index (κ2) is 6.33. The lowest BCUT2D eigenvalue weighted by Gasteiger charge is -2.15. The SMILES string of the molecule is C=C[C@H](Cc1c(C#N)c(=O)oc2ccccc12)c1ccccc1. The van der Waals surface area contributed by atoms with Gasteiger partial charge < -0.3 is 4.42 Å². The van der Waals surface area contributed by atoms with Crippen LogP contribution in [-0.2, 0) is 6.42 Å². The summed E-state index contributed by atoms with van der Waals surface area (Å²) in [6.45, 7) is 3.91. The van der Waals surface area contributed by atoms with Crippen LogP contribution >= 0.6 is 0 Å². The molecule has 0 saturated carbocycles. The number of hydrogen-bond donors (Lipinski definition) is 0. The molecule has 1 atom stereocenters. The Balaban J connectivity index is 2.17. The topological polar surface area (TPSA) is 54.0 Å². The summed E-state index contributed by atoms with van der Waals surface area (Å²) in [6.07, 6.45) is 2.38. The molecule has 2 aromatic carbocycles. The number of nitrogens with zero attached hydrogens (tertiary/aromatic N) is 1. The minimum atomic E-state index is -0.586. The third-order valence-corrected chi connectivity index (χ3v) is 3.97. The van der Waals surface area contributed by atoms with Gasteiger partial charge in [0.1, 0.15) is 17.2 Å². The lowest BCUT2D eigenvalue weighted by Crippen LogP contribution is -2.11. The molecule has 0 aliphatic heterocycles. The first kappa shape index (κ1) is 14.8.